The lowest BCUT2D eigenvalue weighted by molar-refractivity contribution is -0.130. The smallest absolute Gasteiger partial charge is 0.259 e. The van der Waals surface area contributed by atoms with Crippen LogP contribution in [0.5, 0.6) is 5.75 Å². The monoisotopic (exact) mass is 407 g/mol. The molecule has 3 aromatic rings. The number of likely N-dealkylation sites (N-methyl/N-ethyl adjacent to an activating group) is 1. The Balaban J connectivity index is 1.58. The number of carbonyl (C=O) groups is 2. The number of para-hydroxylation sites is 2. The van der Waals surface area contributed by atoms with Crippen LogP contribution < -0.4 is 10.2 Å². The number of hydrazone groups is 1. The summed E-state index contributed by atoms with van der Waals surface area (Å²) in [5, 5.41) is 4.18. The number of imidazole rings is 1. The molecule has 1 aromatic heterocycles. The fourth-order valence-electron chi connectivity index (χ4n) is 2.81. The number of hydrogen-bond donors (Lipinski definition) is 1. The minimum absolute atomic E-state index is 0.0162. The topological polar surface area (TPSA) is 88.8 Å². The number of nitrogens with zero attached hydrogens (tertiary/aromatic N) is 4. The molecule has 0 saturated carbocycles. The SMILES string of the molecule is C/C(=N\NC(=O)Cc1nc2ccccc2n1C)c1ccc(OCC(=O)N(C)C)cc1. The predicted molar refractivity (Wildman–Crippen MR) is 115 cm³/mol. The van der Waals surface area contributed by atoms with Crippen molar-refractivity contribution < 1.29 is 14.3 Å². The average molecular weight is 407 g/mol. The number of amides is 2. The van der Waals surface area contributed by atoms with Gasteiger partial charge in [-0.05, 0) is 48.9 Å². The van der Waals surface area contributed by atoms with Crippen molar-refractivity contribution in [3.63, 3.8) is 0 Å². The number of ether oxygens (including phenoxy) is 1. The van der Waals surface area contributed by atoms with Crippen LogP contribution in [0.1, 0.15) is 18.3 Å². The summed E-state index contributed by atoms with van der Waals surface area (Å²) in [6, 6.07) is 14.9. The zero-order chi connectivity index (χ0) is 21.7. The van der Waals surface area contributed by atoms with Gasteiger partial charge in [-0.3, -0.25) is 9.59 Å². The Morgan fingerprint density at radius 3 is 2.50 bits per heavy atom. The molecule has 3 rings (SSSR count). The second-order valence-electron chi connectivity index (χ2n) is 7.09. The van der Waals surface area contributed by atoms with E-state index in [1.165, 1.54) is 4.90 Å². The van der Waals surface area contributed by atoms with Crippen LogP contribution in [0, 0.1) is 0 Å². The van der Waals surface area contributed by atoms with E-state index in [2.05, 4.69) is 15.5 Å². The normalized spacial score (nSPS) is 11.4. The van der Waals surface area contributed by atoms with Gasteiger partial charge in [0.2, 0.25) is 5.91 Å². The maximum absolute atomic E-state index is 12.3. The summed E-state index contributed by atoms with van der Waals surface area (Å²) in [5.74, 6) is 0.915. The summed E-state index contributed by atoms with van der Waals surface area (Å²) in [6.07, 6.45) is 0.134. The van der Waals surface area contributed by atoms with Crippen molar-refractivity contribution in [3.8, 4) is 5.75 Å². The molecule has 1 N–H and O–H groups in total. The maximum Gasteiger partial charge on any atom is 0.259 e. The van der Waals surface area contributed by atoms with E-state index in [0.29, 0.717) is 17.3 Å². The highest BCUT2D eigenvalue weighted by atomic mass is 16.5. The van der Waals surface area contributed by atoms with Gasteiger partial charge in [0, 0.05) is 21.1 Å². The van der Waals surface area contributed by atoms with Gasteiger partial charge in [-0.15, -0.1) is 0 Å². The van der Waals surface area contributed by atoms with Gasteiger partial charge in [0.1, 0.15) is 11.6 Å². The standard InChI is InChI=1S/C22H25N5O3/c1-15(16-9-11-17(12-10-16)30-14-22(29)26(2)3)24-25-21(28)13-20-23-18-7-5-6-8-19(18)27(20)4/h5-12H,13-14H2,1-4H3,(H,25,28)/b24-15+. The quantitative estimate of drug-likeness (QED) is 0.480. The molecule has 0 spiro atoms. The number of benzene rings is 2. The summed E-state index contributed by atoms with van der Waals surface area (Å²) in [6.45, 7) is 1.79. The highest BCUT2D eigenvalue weighted by molar-refractivity contribution is 5.99. The molecule has 30 heavy (non-hydrogen) atoms. The first-order valence-corrected chi connectivity index (χ1v) is 9.52. The van der Waals surface area contributed by atoms with Gasteiger partial charge in [-0.25, -0.2) is 10.4 Å². The second-order valence-corrected chi connectivity index (χ2v) is 7.09. The van der Waals surface area contributed by atoms with E-state index in [1.54, 1.807) is 33.2 Å². The third-order valence-corrected chi connectivity index (χ3v) is 4.68. The Hall–Kier alpha value is -3.68. The van der Waals surface area contributed by atoms with Crippen LogP contribution in [0.4, 0.5) is 0 Å². The van der Waals surface area contributed by atoms with Gasteiger partial charge in [-0.1, -0.05) is 12.1 Å². The molecule has 0 radical (unpaired) electrons. The summed E-state index contributed by atoms with van der Waals surface area (Å²) in [4.78, 5) is 29.9. The first-order valence-electron chi connectivity index (χ1n) is 9.52. The first-order chi connectivity index (χ1) is 14.3. The summed E-state index contributed by atoms with van der Waals surface area (Å²) in [7, 11) is 5.25. The van der Waals surface area contributed by atoms with E-state index < -0.39 is 0 Å². The summed E-state index contributed by atoms with van der Waals surface area (Å²) in [5.41, 5.74) is 5.92. The third kappa shape index (κ3) is 5.02. The Morgan fingerprint density at radius 1 is 1.13 bits per heavy atom. The highest BCUT2D eigenvalue weighted by Gasteiger charge is 2.11. The molecule has 8 heteroatoms. The van der Waals surface area contributed by atoms with Crippen molar-refractivity contribution in [1.29, 1.82) is 0 Å². The van der Waals surface area contributed by atoms with Gasteiger partial charge >= 0.3 is 0 Å². The van der Waals surface area contributed by atoms with E-state index in [9.17, 15) is 9.59 Å². The molecule has 8 nitrogen and oxygen atoms in total. The fraction of sp³-hybridized carbons (Fsp3) is 0.273. The Bertz CT molecular complexity index is 1080. The first kappa shape index (κ1) is 21.0. The number of aryl methyl sites for hydroxylation is 1. The Kier molecular flexibility index (Phi) is 6.46. The lowest BCUT2D eigenvalue weighted by Crippen LogP contribution is -2.27. The molecular weight excluding hydrogens is 382 g/mol. The van der Waals surface area contributed by atoms with Gasteiger partial charge in [0.05, 0.1) is 23.2 Å². The lowest BCUT2D eigenvalue weighted by Gasteiger charge is -2.11. The predicted octanol–water partition coefficient (Wildman–Crippen LogP) is 2.12. The molecule has 0 aliphatic heterocycles. The molecule has 0 saturated heterocycles. The van der Waals surface area contributed by atoms with E-state index >= 15 is 0 Å². The molecule has 0 aliphatic rings. The number of nitrogens with one attached hydrogen (secondary N) is 1. The molecule has 0 fully saturated rings. The number of aromatic nitrogens is 2. The van der Waals surface area contributed by atoms with Crippen LogP contribution in [0.15, 0.2) is 53.6 Å². The number of hydrogen-bond acceptors (Lipinski definition) is 5. The largest absolute Gasteiger partial charge is 0.484 e. The molecule has 2 aromatic carbocycles. The van der Waals surface area contributed by atoms with E-state index in [1.807, 2.05) is 48.0 Å². The number of rotatable bonds is 7. The zero-order valence-corrected chi connectivity index (χ0v) is 17.5. The van der Waals surface area contributed by atoms with Crippen molar-refractivity contribution in [2.45, 2.75) is 13.3 Å². The van der Waals surface area contributed by atoms with Crippen molar-refractivity contribution in [3.05, 3.63) is 59.9 Å². The van der Waals surface area contributed by atoms with Crippen LogP contribution in [0.2, 0.25) is 0 Å². The van der Waals surface area contributed by atoms with Crippen LogP contribution in [0.3, 0.4) is 0 Å². The Labute approximate surface area is 175 Å². The lowest BCUT2D eigenvalue weighted by atomic mass is 10.1. The van der Waals surface area contributed by atoms with Crippen LogP contribution >= 0.6 is 0 Å². The minimum atomic E-state index is -0.241. The zero-order valence-electron chi connectivity index (χ0n) is 17.5. The molecule has 0 aliphatic carbocycles. The van der Waals surface area contributed by atoms with Gasteiger partial charge in [0.15, 0.2) is 6.61 Å². The van der Waals surface area contributed by atoms with Gasteiger partial charge in [0.25, 0.3) is 5.91 Å². The highest BCUT2D eigenvalue weighted by Crippen LogP contribution is 2.15. The maximum atomic E-state index is 12.3. The summed E-state index contributed by atoms with van der Waals surface area (Å²) >= 11 is 0. The number of carbonyl (C=O) groups excluding carboxylic acids is 2. The Morgan fingerprint density at radius 2 is 1.83 bits per heavy atom. The molecule has 1 heterocycles. The fourth-order valence-corrected chi connectivity index (χ4v) is 2.81. The van der Waals surface area contributed by atoms with Crippen molar-refractivity contribution in [2.75, 3.05) is 20.7 Å². The second kappa shape index (κ2) is 9.21. The minimum Gasteiger partial charge on any atom is -0.484 e. The van der Waals surface area contributed by atoms with Crippen molar-refractivity contribution in [1.82, 2.24) is 19.9 Å². The van der Waals surface area contributed by atoms with Crippen molar-refractivity contribution >= 4 is 28.6 Å². The van der Waals surface area contributed by atoms with Crippen LogP contribution in [-0.4, -0.2) is 52.7 Å². The van der Waals surface area contributed by atoms with Crippen LogP contribution in [-0.2, 0) is 23.1 Å². The molecule has 2 amide bonds. The van der Waals surface area contributed by atoms with E-state index in [4.69, 9.17) is 4.74 Å². The van der Waals surface area contributed by atoms with E-state index in [0.717, 1.165) is 16.6 Å². The van der Waals surface area contributed by atoms with Gasteiger partial charge < -0.3 is 14.2 Å². The summed E-state index contributed by atoms with van der Waals surface area (Å²) < 4.78 is 7.36. The third-order valence-electron chi connectivity index (χ3n) is 4.68. The average Bonchev–Trinajstić information content (AvgIpc) is 3.06. The molecular formula is C22H25N5O3. The van der Waals surface area contributed by atoms with Gasteiger partial charge in [-0.2, -0.15) is 5.10 Å². The van der Waals surface area contributed by atoms with Crippen molar-refractivity contribution in [2.24, 2.45) is 12.1 Å². The molecule has 0 unspecified atom stereocenters. The molecule has 0 bridgehead atoms. The van der Waals surface area contributed by atoms with Crippen LogP contribution in [0.25, 0.3) is 11.0 Å². The molecule has 0 atom stereocenters. The number of fused-ring (bicyclic) bond motifs is 1. The van der Waals surface area contributed by atoms with E-state index in [-0.39, 0.29) is 24.8 Å². The molecule has 156 valence electrons.